The van der Waals surface area contributed by atoms with Crippen LogP contribution in [0, 0.1) is 28.6 Å². The molecule has 0 amide bonds. The Morgan fingerprint density at radius 1 is 1.00 bits per heavy atom. The molecule has 0 bridgehead atoms. The first-order valence-electron chi connectivity index (χ1n) is 9.21. The third-order valence-corrected chi connectivity index (χ3v) is 8.08. The average Bonchev–Trinajstić information content (AvgIpc) is 2.73. The van der Waals surface area contributed by atoms with Gasteiger partial charge in [-0.3, -0.25) is 0 Å². The second-order valence-corrected chi connectivity index (χ2v) is 9.08. The van der Waals surface area contributed by atoms with E-state index >= 15 is 0 Å². The first kappa shape index (κ1) is 16.1. The van der Waals surface area contributed by atoms with Crippen molar-refractivity contribution in [2.45, 2.75) is 76.8 Å². The third-order valence-electron chi connectivity index (χ3n) is 8.08. The lowest BCUT2D eigenvalue weighted by Gasteiger charge is -2.58. The normalized spacial score (nSPS) is 58.9. The zero-order valence-corrected chi connectivity index (χ0v) is 14.2. The molecule has 4 heteroatoms. The van der Waals surface area contributed by atoms with Crippen molar-refractivity contribution in [2.24, 2.45) is 28.6 Å². The highest BCUT2D eigenvalue weighted by molar-refractivity contribution is 5.28. The van der Waals surface area contributed by atoms with E-state index in [4.69, 9.17) is 0 Å². The van der Waals surface area contributed by atoms with Crippen LogP contribution in [0.25, 0.3) is 0 Å². The van der Waals surface area contributed by atoms with Crippen LogP contribution in [0.5, 0.6) is 0 Å². The van der Waals surface area contributed by atoms with Gasteiger partial charge in [-0.2, -0.15) is 0 Å². The van der Waals surface area contributed by atoms with Gasteiger partial charge in [0.05, 0.1) is 24.4 Å². The van der Waals surface area contributed by atoms with Crippen LogP contribution in [0.4, 0.5) is 0 Å². The van der Waals surface area contributed by atoms with Gasteiger partial charge >= 0.3 is 0 Å². The van der Waals surface area contributed by atoms with E-state index in [1.165, 1.54) is 5.57 Å². The van der Waals surface area contributed by atoms with E-state index in [9.17, 15) is 20.4 Å². The van der Waals surface area contributed by atoms with Gasteiger partial charge in [-0.05, 0) is 67.1 Å². The molecule has 0 radical (unpaired) electrons. The molecule has 0 aromatic rings. The summed E-state index contributed by atoms with van der Waals surface area (Å²) in [7, 11) is 0. The highest BCUT2D eigenvalue weighted by atomic mass is 16.3. The van der Waals surface area contributed by atoms with Gasteiger partial charge in [0, 0.05) is 0 Å². The molecule has 0 aromatic carbocycles. The van der Waals surface area contributed by atoms with Crippen LogP contribution in [0.15, 0.2) is 11.6 Å². The van der Waals surface area contributed by atoms with Crippen LogP contribution in [-0.2, 0) is 0 Å². The Morgan fingerprint density at radius 3 is 2.48 bits per heavy atom. The summed E-state index contributed by atoms with van der Waals surface area (Å²) in [6, 6.07) is 0. The summed E-state index contributed by atoms with van der Waals surface area (Å²) in [6.45, 7) is 4.40. The number of aliphatic hydroxyl groups excluding tert-OH is 4. The second kappa shape index (κ2) is 5.04. The van der Waals surface area contributed by atoms with Gasteiger partial charge in [0.15, 0.2) is 0 Å². The molecular weight excluding hydrogens is 292 g/mol. The maximum atomic E-state index is 10.9. The molecule has 9 atom stereocenters. The van der Waals surface area contributed by atoms with Crippen molar-refractivity contribution < 1.29 is 20.4 Å². The summed E-state index contributed by atoms with van der Waals surface area (Å²) < 4.78 is 0. The van der Waals surface area contributed by atoms with E-state index in [1.807, 2.05) is 6.08 Å². The van der Waals surface area contributed by atoms with Crippen molar-refractivity contribution in [2.75, 3.05) is 0 Å². The molecule has 4 aliphatic carbocycles. The Balaban J connectivity index is 1.73. The Labute approximate surface area is 138 Å². The van der Waals surface area contributed by atoms with E-state index in [1.54, 1.807) is 0 Å². The lowest BCUT2D eigenvalue weighted by molar-refractivity contribution is -0.110. The van der Waals surface area contributed by atoms with Crippen molar-refractivity contribution in [1.29, 1.82) is 0 Å². The molecule has 0 aliphatic heterocycles. The maximum Gasteiger partial charge on any atom is 0.0855 e. The van der Waals surface area contributed by atoms with E-state index in [-0.39, 0.29) is 28.8 Å². The van der Waals surface area contributed by atoms with Crippen molar-refractivity contribution in [1.82, 2.24) is 0 Å². The third kappa shape index (κ3) is 2.05. The predicted molar refractivity (Wildman–Crippen MR) is 86.5 cm³/mol. The molecule has 0 spiro atoms. The molecule has 3 saturated carbocycles. The second-order valence-electron chi connectivity index (χ2n) is 9.08. The topological polar surface area (TPSA) is 80.9 Å². The van der Waals surface area contributed by atoms with Crippen molar-refractivity contribution >= 4 is 0 Å². The number of hydrogen-bond donors (Lipinski definition) is 4. The minimum Gasteiger partial charge on any atom is -0.393 e. The van der Waals surface area contributed by atoms with E-state index < -0.39 is 18.3 Å². The molecule has 4 nitrogen and oxygen atoms in total. The summed E-state index contributed by atoms with van der Waals surface area (Å²) in [5, 5.41) is 41.6. The van der Waals surface area contributed by atoms with Crippen molar-refractivity contribution in [3.8, 4) is 0 Å². The van der Waals surface area contributed by atoms with Crippen LogP contribution in [0.2, 0.25) is 0 Å². The molecule has 4 rings (SSSR count). The van der Waals surface area contributed by atoms with Gasteiger partial charge in [0.1, 0.15) is 0 Å². The average molecular weight is 322 g/mol. The SMILES string of the molecule is CC12CCC(O)CC1=C[C@H](O)C1C2CCC2(C)C1C[C@@H](O)C2O. The summed E-state index contributed by atoms with van der Waals surface area (Å²) >= 11 is 0. The summed E-state index contributed by atoms with van der Waals surface area (Å²) in [4.78, 5) is 0. The fourth-order valence-electron chi connectivity index (χ4n) is 6.62. The molecule has 23 heavy (non-hydrogen) atoms. The molecule has 3 fully saturated rings. The zero-order valence-electron chi connectivity index (χ0n) is 14.2. The molecule has 0 aromatic heterocycles. The Hall–Kier alpha value is -0.420. The fourth-order valence-corrected chi connectivity index (χ4v) is 6.62. The fraction of sp³-hybridized carbons (Fsp3) is 0.895. The molecule has 0 saturated heterocycles. The molecule has 4 N–H and O–H groups in total. The van der Waals surface area contributed by atoms with Crippen LogP contribution < -0.4 is 0 Å². The van der Waals surface area contributed by atoms with Gasteiger partial charge in [-0.25, -0.2) is 0 Å². The highest BCUT2D eigenvalue weighted by Gasteiger charge is 2.62. The first-order chi connectivity index (χ1) is 10.8. The number of rotatable bonds is 0. The van der Waals surface area contributed by atoms with E-state index in [0.717, 1.165) is 25.7 Å². The lowest BCUT2D eigenvalue weighted by atomic mass is 9.47. The number of hydrogen-bond acceptors (Lipinski definition) is 4. The largest absolute Gasteiger partial charge is 0.393 e. The van der Waals surface area contributed by atoms with E-state index in [2.05, 4.69) is 13.8 Å². The van der Waals surface area contributed by atoms with Gasteiger partial charge in [0.25, 0.3) is 0 Å². The van der Waals surface area contributed by atoms with E-state index in [0.29, 0.717) is 18.8 Å². The quantitative estimate of drug-likeness (QED) is 0.511. The minimum absolute atomic E-state index is 0.0585. The van der Waals surface area contributed by atoms with Gasteiger partial charge < -0.3 is 20.4 Å². The Kier molecular flexibility index (Phi) is 3.52. The predicted octanol–water partition coefficient (Wildman–Crippen LogP) is 1.61. The maximum absolute atomic E-state index is 10.9. The first-order valence-corrected chi connectivity index (χ1v) is 9.21. The summed E-state index contributed by atoms with van der Waals surface area (Å²) in [5.74, 6) is 0.674. The van der Waals surface area contributed by atoms with Gasteiger partial charge in [0.2, 0.25) is 0 Å². The molecular formula is C19H30O4. The minimum atomic E-state index is -0.674. The van der Waals surface area contributed by atoms with Crippen LogP contribution in [0.1, 0.15) is 52.4 Å². The highest BCUT2D eigenvalue weighted by Crippen LogP contribution is 2.64. The van der Waals surface area contributed by atoms with Crippen molar-refractivity contribution in [3.63, 3.8) is 0 Å². The van der Waals surface area contributed by atoms with Crippen LogP contribution >= 0.6 is 0 Å². The van der Waals surface area contributed by atoms with Crippen LogP contribution in [-0.4, -0.2) is 44.8 Å². The van der Waals surface area contributed by atoms with Gasteiger partial charge in [-0.1, -0.05) is 25.5 Å². The molecule has 4 aliphatic rings. The Morgan fingerprint density at radius 2 is 1.74 bits per heavy atom. The Bertz CT molecular complexity index is 531. The molecule has 130 valence electrons. The van der Waals surface area contributed by atoms with Crippen LogP contribution in [0.3, 0.4) is 0 Å². The summed E-state index contributed by atoms with van der Waals surface area (Å²) in [5.41, 5.74) is 1.01. The smallest absolute Gasteiger partial charge is 0.0855 e. The molecule has 7 unspecified atom stereocenters. The monoisotopic (exact) mass is 322 g/mol. The number of aliphatic hydroxyl groups is 4. The zero-order chi connectivity index (χ0) is 16.6. The number of fused-ring (bicyclic) bond motifs is 5. The lowest BCUT2D eigenvalue weighted by Crippen LogP contribution is -2.55. The standard InChI is InChI=1S/C19H30O4/c1-18-5-3-11(20)7-10(18)8-14(21)16-12(18)4-6-19(2)13(16)9-15(22)17(19)23/h8,11-17,20-23H,3-7,9H2,1-2H3/t11?,12?,13?,14-,15+,16?,17?,18?,19?/m0/s1. The summed E-state index contributed by atoms with van der Waals surface area (Å²) in [6.07, 6.45) is 4.85. The van der Waals surface area contributed by atoms with Crippen molar-refractivity contribution in [3.05, 3.63) is 11.6 Å². The molecule has 0 heterocycles. The van der Waals surface area contributed by atoms with Gasteiger partial charge in [-0.15, -0.1) is 0 Å².